The Morgan fingerprint density at radius 3 is 2.74 bits per heavy atom. The van der Waals surface area contributed by atoms with Gasteiger partial charge in [0.1, 0.15) is 0 Å². The van der Waals surface area contributed by atoms with Gasteiger partial charge in [-0.15, -0.1) is 0 Å². The largest absolute Gasteiger partial charge is 0.493 e. The maximum absolute atomic E-state index is 6.32. The predicted octanol–water partition coefficient (Wildman–Crippen LogP) is 4.09. The van der Waals surface area contributed by atoms with Crippen molar-refractivity contribution in [2.75, 3.05) is 25.8 Å². The Labute approximate surface area is 140 Å². The number of anilines is 1. The molecule has 2 aromatic rings. The maximum atomic E-state index is 6.32. The van der Waals surface area contributed by atoms with Crippen LogP contribution in [0.3, 0.4) is 0 Å². The second-order valence-electron chi connectivity index (χ2n) is 4.95. The molecule has 23 heavy (non-hydrogen) atoms. The highest BCUT2D eigenvalue weighted by molar-refractivity contribution is 6.31. The molecule has 0 unspecified atom stereocenters. The number of nitrogens with one attached hydrogen (secondary N) is 1. The highest BCUT2D eigenvalue weighted by Crippen LogP contribution is 2.36. The minimum Gasteiger partial charge on any atom is -0.493 e. The minimum absolute atomic E-state index is 0.265. The van der Waals surface area contributed by atoms with E-state index in [4.69, 9.17) is 30.5 Å². The summed E-state index contributed by atoms with van der Waals surface area (Å²) >= 11 is 6.32. The number of hydrogen-bond donors (Lipinski definition) is 1. The molecule has 0 amide bonds. The van der Waals surface area contributed by atoms with E-state index in [1.54, 1.807) is 13.2 Å². The monoisotopic (exact) mass is 335 g/mol. The van der Waals surface area contributed by atoms with Crippen molar-refractivity contribution < 1.29 is 18.9 Å². The van der Waals surface area contributed by atoms with Crippen LogP contribution in [0.5, 0.6) is 23.0 Å². The van der Waals surface area contributed by atoms with Gasteiger partial charge in [0, 0.05) is 29.4 Å². The molecule has 1 heterocycles. The quantitative estimate of drug-likeness (QED) is 0.861. The summed E-state index contributed by atoms with van der Waals surface area (Å²) in [6, 6.07) is 9.39. The van der Waals surface area contributed by atoms with Gasteiger partial charge in [-0.05, 0) is 30.7 Å². The van der Waals surface area contributed by atoms with E-state index in [0.717, 1.165) is 22.7 Å². The third kappa shape index (κ3) is 3.40. The smallest absolute Gasteiger partial charge is 0.231 e. The van der Waals surface area contributed by atoms with Gasteiger partial charge in [0.15, 0.2) is 23.0 Å². The lowest BCUT2D eigenvalue weighted by Crippen LogP contribution is -2.02. The van der Waals surface area contributed by atoms with Crippen molar-refractivity contribution >= 4 is 17.3 Å². The summed E-state index contributed by atoms with van der Waals surface area (Å²) in [4.78, 5) is 0. The summed E-state index contributed by atoms with van der Waals surface area (Å²) in [5.74, 6) is 2.81. The zero-order valence-corrected chi connectivity index (χ0v) is 13.8. The van der Waals surface area contributed by atoms with Crippen molar-refractivity contribution in [1.29, 1.82) is 0 Å². The van der Waals surface area contributed by atoms with Crippen LogP contribution in [-0.2, 0) is 6.54 Å². The first-order valence-corrected chi connectivity index (χ1v) is 7.71. The van der Waals surface area contributed by atoms with Crippen LogP contribution in [-0.4, -0.2) is 20.5 Å². The normalized spacial score (nSPS) is 12.1. The van der Waals surface area contributed by atoms with Crippen LogP contribution < -0.4 is 24.3 Å². The van der Waals surface area contributed by atoms with Crippen molar-refractivity contribution in [1.82, 2.24) is 0 Å². The van der Waals surface area contributed by atoms with Crippen molar-refractivity contribution in [3.05, 3.63) is 40.9 Å². The first kappa shape index (κ1) is 15.6. The predicted molar refractivity (Wildman–Crippen MR) is 89.1 cm³/mol. The molecule has 0 atom stereocenters. The van der Waals surface area contributed by atoms with E-state index in [0.29, 0.717) is 29.7 Å². The SMILES string of the molecule is CCOc1cc(CNc2ccc3c(c2)OCO3)c(Cl)cc1OC. The minimum atomic E-state index is 0.265. The molecule has 0 aromatic heterocycles. The molecule has 1 N–H and O–H groups in total. The van der Waals surface area contributed by atoms with E-state index in [1.165, 1.54) is 0 Å². The van der Waals surface area contributed by atoms with E-state index in [2.05, 4.69) is 5.32 Å². The fourth-order valence-corrected chi connectivity index (χ4v) is 2.56. The van der Waals surface area contributed by atoms with Crippen LogP contribution >= 0.6 is 11.6 Å². The fraction of sp³-hybridized carbons (Fsp3) is 0.294. The lowest BCUT2D eigenvalue weighted by atomic mass is 10.2. The number of benzene rings is 2. The highest BCUT2D eigenvalue weighted by atomic mass is 35.5. The Kier molecular flexibility index (Phi) is 4.67. The Morgan fingerprint density at radius 2 is 1.96 bits per heavy atom. The molecule has 0 spiro atoms. The third-order valence-corrected chi connectivity index (χ3v) is 3.84. The molecule has 0 fully saturated rings. The van der Waals surface area contributed by atoms with Gasteiger partial charge in [0.05, 0.1) is 13.7 Å². The highest BCUT2D eigenvalue weighted by Gasteiger charge is 2.14. The third-order valence-electron chi connectivity index (χ3n) is 3.49. The zero-order chi connectivity index (χ0) is 16.2. The Bertz CT molecular complexity index is 705. The van der Waals surface area contributed by atoms with Crippen molar-refractivity contribution in [2.24, 2.45) is 0 Å². The number of rotatable bonds is 6. The molecular weight excluding hydrogens is 318 g/mol. The van der Waals surface area contributed by atoms with Crippen molar-refractivity contribution in [3.8, 4) is 23.0 Å². The molecular formula is C17H18ClNO4. The fourth-order valence-electron chi connectivity index (χ4n) is 2.34. The number of ether oxygens (including phenoxy) is 4. The van der Waals surface area contributed by atoms with E-state index in [1.807, 2.05) is 31.2 Å². The maximum Gasteiger partial charge on any atom is 0.231 e. The second-order valence-corrected chi connectivity index (χ2v) is 5.36. The molecule has 0 saturated heterocycles. The van der Waals surface area contributed by atoms with E-state index >= 15 is 0 Å². The molecule has 1 aliphatic rings. The number of methoxy groups -OCH3 is 1. The summed E-state index contributed by atoms with van der Waals surface area (Å²) in [5.41, 5.74) is 1.85. The summed E-state index contributed by atoms with van der Waals surface area (Å²) in [7, 11) is 1.60. The summed E-state index contributed by atoms with van der Waals surface area (Å²) < 4.78 is 21.5. The standard InChI is InChI=1S/C17H18ClNO4/c1-3-21-16-6-11(13(18)8-15(16)20-2)9-19-12-4-5-14-17(7-12)23-10-22-14/h4-8,19H,3,9-10H2,1-2H3. The van der Waals surface area contributed by atoms with Crippen molar-refractivity contribution in [2.45, 2.75) is 13.5 Å². The number of hydrogen-bond acceptors (Lipinski definition) is 5. The van der Waals surface area contributed by atoms with Crippen LogP contribution in [0.4, 0.5) is 5.69 Å². The lowest BCUT2D eigenvalue weighted by molar-refractivity contribution is 0.174. The van der Waals surface area contributed by atoms with Gasteiger partial charge in [0.25, 0.3) is 0 Å². The van der Waals surface area contributed by atoms with Crippen molar-refractivity contribution in [3.63, 3.8) is 0 Å². The molecule has 5 nitrogen and oxygen atoms in total. The van der Waals surface area contributed by atoms with Gasteiger partial charge >= 0.3 is 0 Å². The lowest BCUT2D eigenvalue weighted by Gasteiger charge is -2.14. The molecule has 0 saturated carbocycles. The Morgan fingerprint density at radius 1 is 1.13 bits per heavy atom. The van der Waals surface area contributed by atoms with E-state index < -0.39 is 0 Å². The van der Waals surface area contributed by atoms with Crippen LogP contribution in [0.15, 0.2) is 30.3 Å². The van der Waals surface area contributed by atoms with Crippen LogP contribution in [0.1, 0.15) is 12.5 Å². The number of fused-ring (bicyclic) bond motifs is 1. The Balaban J connectivity index is 1.76. The molecule has 0 bridgehead atoms. The van der Waals surface area contributed by atoms with Crippen LogP contribution in [0.2, 0.25) is 5.02 Å². The van der Waals surface area contributed by atoms with Crippen LogP contribution in [0, 0.1) is 0 Å². The summed E-state index contributed by atoms with van der Waals surface area (Å²) in [5, 5.41) is 3.95. The van der Waals surface area contributed by atoms with E-state index in [9.17, 15) is 0 Å². The first-order valence-electron chi connectivity index (χ1n) is 7.34. The van der Waals surface area contributed by atoms with Gasteiger partial charge in [-0.3, -0.25) is 0 Å². The van der Waals surface area contributed by atoms with Gasteiger partial charge in [-0.2, -0.15) is 0 Å². The molecule has 0 aliphatic carbocycles. The molecule has 2 aromatic carbocycles. The van der Waals surface area contributed by atoms with Gasteiger partial charge in [-0.1, -0.05) is 11.6 Å². The zero-order valence-electron chi connectivity index (χ0n) is 13.0. The summed E-state index contributed by atoms with van der Waals surface area (Å²) in [6.07, 6.45) is 0. The van der Waals surface area contributed by atoms with Gasteiger partial charge in [-0.25, -0.2) is 0 Å². The van der Waals surface area contributed by atoms with Gasteiger partial charge in [0.2, 0.25) is 6.79 Å². The molecule has 6 heteroatoms. The molecule has 0 radical (unpaired) electrons. The topological polar surface area (TPSA) is 49.0 Å². The Hall–Kier alpha value is -2.27. The summed E-state index contributed by atoms with van der Waals surface area (Å²) in [6.45, 7) is 3.31. The number of halogens is 1. The van der Waals surface area contributed by atoms with Crippen LogP contribution in [0.25, 0.3) is 0 Å². The molecule has 122 valence electrons. The average molecular weight is 336 g/mol. The molecule has 1 aliphatic heterocycles. The molecule has 3 rings (SSSR count). The van der Waals surface area contributed by atoms with Gasteiger partial charge < -0.3 is 24.3 Å². The van der Waals surface area contributed by atoms with E-state index in [-0.39, 0.29) is 6.79 Å². The first-order chi connectivity index (χ1) is 11.2. The second kappa shape index (κ2) is 6.87. The average Bonchev–Trinajstić information content (AvgIpc) is 3.02.